The highest BCUT2D eigenvalue weighted by Gasteiger charge is 2.40. The molecule has 1 fully saturated rings. The molecule has 19 heavy (non-hydrogen) atoms. The summed E-state index contributed by atoms with van der Waals surface area (Å²) in [4.78, 5) is 4.47. The number of ether oxygens (including phenoxy) is 1. The second-order valence-electron chi connectivity index (χ2n) is 5.31. The Bertz CT molecular complexity index is 409. The zero-order valence-corrected chi connectivity index (χ0v) is 11.8. The Morgan fingerprint density at radius 1 is 1.53 bits per heavy atom. The Labute approximate surface area is 114 Å². The first-order valence-electron chi connectivity index (χ1n) is 6.90. The van der Waals surface area contributed by atoms with Crippen LogP contribution in [0.2, 0.25) is 0 Å². The normalized spacial score (nSPS) is 27.4. The minimum absolute atomic E-state index is 0.354. The fourth-order valence-corrected chi connectivity index (χ4v) is 2.54. The summed E-state index contributed by atoms with van der Waals surface area (Å²) < 4.78 is 11.0. The van der Waals surface area contributed by atoms with E-state index < -0.39 is 0 Å². The summed E-state index contributed by atoms with van der Waals surface area (Å²) in [5.41, 5.74) is -0.354. The van der Waals surface area contributed by atoms with Crippen LogP contribution in [0, 0.1) is 5.92 Å². The van der Waals surface area contributed by atoms with Crippen LogP contribution in [0.1, 0.15) is 44.3 Å². The lowest BCUT2D eigenvalue weighted by molar-refractivity contribution is -0.0609. The zero-order chi connectivity index (χ0) is 13.7. The van der Waals surface area contributed by atoms with Crippen LogP contribution in [-0.2, 0) is 16.9 Å². The summed E-state index contributed by atoms with van der Waals surface area (Å²) in [5, 5.41) is 7.26. The van der Waals surface area contributed by atoms with E-state index in [4.69, 9.17) is 9.26 Å². The second-order valence-corrected chi connectivity index (χ2v) is 5.31. The van der Waals surface area contributed by atoms with Gasteiger partial charge in [0, 0.05) is 13.7 Å². The average Bonchev–Trinajstić information content (AvgIpc) is 2.90. The molecule has 0 spiro atoms. The van der Waals surface area contributed by atoms with E-state index >= 15 is 0 Å². The van der Waals surface area contributed by atoms with E-state index in [1.165, 1.54) is 0 Å². The van der Waals surface area contributed by atoms with Gasteiger partial charge in [-0.3, -0.25) is 0 Å². The molecular weight excluding hydrogens is 242 g/mol. The van der Waals surface area contributed by atoms with Gasteiger partial charge >= 0.3 is 0 Å². The third-order valence-electron chi connectivity index (χ3n) is 3.91. The molecule has 0 bridgehead atoms. The monoisotopic (exact) mass is 265 g/mol. The molecule has 0 radical (unpaired) electrons. The predicted octanol–water partition coefficient (Wildman–Crippen LogP) is 2.40. The van der Waals surface area contributed by atoms with E-state index in [1.54, 1.807) is 13.2 Å². The highest BCUT2D eigenvalue weighted by molar-refractivity contribution is 5.04. The lowest BCUT2D eigenvalue weighted by atomic mass is 9.79. The van der Waals surface area contributed by atoms with Gasteiger partial charge < -0.3 is 14.6 Å². The molecule has 0 atom stereocenters. The summed E-state index contributed by atoms with van der Waals surface area (Å²) in [7, 11) is 1.74. The summed E-state index contributed by atoms with van der Waals surface area (Å²) in [5.74, 6) is 2.05. The van der Waals surface area contributed by atoms with Crippen molar-refractivity contribution in [3.63, 3.8) is 0 Å². The molecule has 1 aliphatic carbocycles. The minimum atomic E-state index is -0.354. The first kappa shape index (κ1) is 14.2. The van der Waals surface area contributed by atoms with Gasteiger partial charge in [0.2, 0.25) is 11.7 Å². The van der Waals surface area contributed by atoms with E-state index in [2.05, 4.69) is 29.0 Å². The molecule has 106 valence electrons. The Morgan fingerprint density at radius 2 is 2.26 bits per heavy atom. The molecule has 1 aromatic heterocycles. The minimum Gasteiger partial charge on any atom is -0.370 e. The van der Waals surface area contributed by atoms with Crippen molar-refractivity contribution in [2.24, 2.45) is 5.92 Å². The Kier molecular flexibility index (Phi) is 4.71. The quantitative estimate of drug-likeness (QED) is 0.632. The molecule has 0 amide bonds. The topological polar surface area (TPSA) is 60.2 Å². The zero-order valence-electron chi connectivity index (χ0n) is 11.8. The molecule has 1 aromatic rings. The smallest absolute Gasteiger partial charge is 0.240 e. The van der Waals surface area contributed by atoms with Crippen molar-refractivity contribution < 1.29 is 9.26 Å². The SMILES string of the molecule is C=CCNCc1nc(C2(OC)CCC(C)CC2)no1. The van der Waals surface area contributed by atoms with Gasteiger partial charge in [-0.15, -0.1) is 6.58 Å². The molecule has 1 heterocycles. The lowest BCUT2D eigenvalue weighted by Crippen LogP contribution is -2.34. The van der Waals surface area contributed by atoms with Crippen LogP contribution in [-0.4, -0.2) is 23.8 Å². The largest absolute Gasteiger partial charge is 0.370 e. The molecule has 0 saturated heterocycles. The van der Waals surface area contributed by atoms with Crippen LogP contribution < -0.4 is 5.32 Å². The van der Waals surface area contributed by atoms with Gasteiger partial charge in [-0.1, -0.05) is 18.2 Å². The Morgan fingerprint density at radius 3 is 2.89 bits per heavy atom. The second kappa shape index (κ2) is 6.30. The van der Waals surface area contributed by atoms with E-state index in [0.29, 0.717) is 18.3 Å². The third kappa shape index (κ3) is 3.22. The first-order chi connectivity index (χ1) is 9.20. The van der Waals surface area contributed by atoms with E-state index in [0.717, 1.165) is 38.1 Å². The predicted molar refractivity (Wildman–Crippen MR) is 72.5 cm³/mol. The number of hydrogen-bond acceptors (Lipinski definition) is 5. The van der Waals surface area contributed by atoms with Crippen LogP contribution in [0.3, 0.4) is 0 Å². The van der Waals surface area contributed by atoms with Crippen molar-refractivity contribution in [3.05, 3.63) is 24.4 Å². The molecular formula is C14H23N3O2. The molecule has 0 unspecified atom stereocenters. The van der Waals surface area contributed by atoms with Crippen LogP contribution >= 0.6 is 0 Å². The van der Waals surface area contributed by atoms with E-state index in [1.807, 2.05) is 0 Å². The van der Waals surface area contributed by atoms with Crippen molar-refractivity contribution in [1.29, 1.82) is 0 Å². The van der Waals surface area contributed by atoms with Gasteiger partial charge in [0.1, 0.15) is 5.60 Å². The van der Waals surface area contributed by atoms with Gasteiger partial charge in [-0.2, -0.15) is 4.98 Å². The Hall–Kier alpha value is -1.20. The molecule has 5 heteroatoms. The number of aromatic nitrogens is 2. The maximum absolute atomic E-state index is 5.73. The van der Waals surface area contributed by atoms with Gasteiger partial charge in [0.05, 0.1) is 6.54 Å². The maximum atomic E-state index is 5.73. The first-order valence-corrected chi connectivity index (χ1v) is 6.90. The fraction of sp³-hybridized carbons (Fsp3) is 0.714. The highest BCUT2D eigenvalue weighted by atomic mass is 16.5. The van der Waals surface area contributed by atoms with Crippen LogP contribution in [0.15, 0.2) is 17.2 Å². The fourth-order valence-electron chi connectivity index (χ4n) is 2.54. The van der Waals surface area contributed by atoms with Crippen LogP contribution in [0.5, 0.6) is 0 Å². The van der Waals surface area contributed by atoms with Crippen molar-refractivity contribution >= 4 is 0 Å². The Balaban J connectivity index is 2.04. The van der Waals surface area contributed by atoms with Gasteiger partial charge in [0.15, 0.2) is 0 Å². The number of hydrogen-bond donors (Lipinski definition) is 1. The number of nitrogens with zero attached hydrogens (tertiary/aromatic N) is 2. The van der Waals surface area contributed by atoms with Crippen molar-refractivity contribution in [2.75, 3.05) is 13.7 Å². The molecule has 0 aliphatic heterocycles. The van der Waals surface area contributed by atoms with Crippen LogP contribution in [0.25, 0.3) is 0 Å². The van der Waals surface area contributed by atoms with Crippen molar-refractivity contribution in [2.45, 2.75) is 44.8 Å². The summed E-state index contributed by atoms with van der Waals surface area (Å²) in [6.07, 6.45) is 6.02. The van der Waals surface area contributed by atoms with Gasteiger partial charge in [0.25, 0.3) is 0 Å². The maximum Gasteiger partial charge on any atom is 0.240 e. The third-order valence-corrected chi connectivity index (χ3v) is 3.91. The average molecular weight is 265 g/mol. The lowest BCUT2D eigenvalue weighted by Gasteiger charge is -2.35. The molecule has 5 nitrogen and oxygen atoms in total. The number of nitrogens with one attached hydrogen (secondary N) is 1. The molecule has 1 aliphatic rings. The molecule has 1 saturated carbocycles. The van der Waals surface area contributed by atoms with Gasteiger partial charge in [-0.05, 0) is 31.6 Å². The number of rotatable bonds is 6. The standard InChI is InChI=1S/C14H23N3O2/c1-4-9-15-10-12-16-13(17-19-12)14(18-3)7-5-11(2)6-8-14/h4,11,15H,1,5-10H2,2-3H3. The van der Waals surface area contributed by atoms with E-state index in [-0.39, 0.29) is 5.60 Å². The summed E-state index contributed by atoms with van der Waals surface area (Å²) in [6, 6.07) is 0. The van der Waals surface area contributed by atoms with Crippen LogP contribution in [0.4, 0.5) is 0 Å². The molecule has 2 rings (SSSR count). The van der Waals surface area contributed by atoms with Crippen molar-refractivity contribution in [3.8, 4) is 0 Å². The van der Waals surface area contributed by atoms with Crippen molar-refractivity contribution in [1.82, 2.24) is 15.5 Å². The molecule has 0 aromatic carbocycles. The molecule has 1 N–H and O–H groups in total. The summed E-state index contributed by atoms with van der Waals surface area (Å²) in [6.45, 7) is 7.22. The summed E-state index contributed by atoms with van der Waals surface area (Å²) >= 11 is 0. The van der Waals surface area contributed by atoms with E-state index in [9.17, 15) is 0 Å². The van der Waals surface area contributed by atoms with Gasteiger partial charge in [-0.25, -0.2) is 0 Å². The highest BCUT2D eigenvalue weighted by Crippen LogP contribution is 2.40. The number of methoxy groups -OCH3 is 1.